The Kier molecular flexibility index (Phi) is 7.03. The zero-order chi connectivity index (χ0) is 19.3. The van der Waals surface area contributed by atoms with E-state index in [1.165, 1.54) is 0 Å². The van der Waals surface area contributed by atoms with E-state index in [0.29, 0.717) is 19.4 Å². The zero-order valence-corrected chi connectivity index (χ0v) is 16.5. The predicted octanol–water partition coefficient (Wildman–Crippen LogP) is 4.33. The van der Waals surface area contributed by atoms with Crippen LogP contribution in [0.25, 0.3) is 0 Å². The molecular weight excluding hydrogens is 318 g/mol. The molecule has 0 unspecified atom stereocenters. The van der Waals surface area contributed by atoms with Crippen LogP contribution >= 0.6 is 0 Å². The van der Waals surface area contributed by atoms with Gasteiger partial charge >= 0.3 is 12.1 Å². The van der Waals surface area contributed by atoms with Crippen LogP contribution < -0.4 is 0 Å². The zero-order valence-electron chi connectivity index (χ0n) is 16.5. The average molecular weight is 349 g/mol. The number of ether oxygens (including phenoxy) is 2. The van der Waals surface area contributed by atoms with E-state index in [9.17, 15) is 9.59 Å². The highest BCUT2D eigenvalue weighted by Gasteiger charge is 2.19. The SMILES string of the molecule is CN(Cc1ccc(CCC(=O)OC(C)(C)C)cc1)C(=O)OC(C)(C)C. The summed E-state index contributed by atoms with van der Waals surface area (Å²) >= 11 is 0. The summed E-state index contributed by atoms with van der Waals surface area (Å²) in [4.78, 5) is 25.3. The van der Waals surface area contributed by atoms with Crippen molar-refractivity contribution in [1.29, 1.82) is 0 Å². The first-order valence-electron chi connectivity index (χ1n) is 8.59. The molecule has 0 atom stereocenters. The molecule has 1 aromatic rings. The van der Waals surface area contributed by atoms with Crippen LogP contribution in [-0.4, -0.2) is 35.2 Å². The Hall–Kier alpha value is -2.04. The molecule has 5 heteroatoms. The van der Waals surface area contributed by atoms with Gasteiger partial charge in [-0.05, 0) is 59.1 Å². The highest BCUT2D eigenvalue weighted by molar-refractivity contribution is 5.70. The Morgan fingerprint density at radius 3 is 1.84 bits per heavy atom. The van der Waals surface area contributed by atoms with Gasteiger partial charge in [0.15, 0.2) is 0 Å². The third-order valence-electron chi connectivity index (χ3n) is 3.19. The summed E-state index contributed by atoms with van der Waals surface area (Å²) in [5.41, 5.74) is 1.12. The second-order valence-corrected chi connectivity index (χ2v) is 8.24. The van der Waals surface area contributed by atoms with Crippen molar-refractivity contribution < 1.29 is 19.1 Å². The van der Waals surface area contributed by atoms with Gasteiger partial charge < -0.3 is 14.4 Å². The second kappa shape index (κ2) is 8.37. The lowest BCUT2D eigenvalue weighted by atomic mass is 10.1. The quantitative estimate of drug-likeness (QED) is 0.743. The lowest BCUT2D eigenvalue weighted by molar-refractivity contribution is -0.154. The molecule has 1 amide bonds. The van der Waals surface area contributed by atoms with Crippen molar-refractivity contribution in [2.75, 3.05) is 7.05 Å². The minimum absolute atomic E-state index is 0.193. The Bertz CT molecular complexity index is 579. The van der Waals surface area contributed by atoms with Crippen LogP contribution in [0.2, 0.25) is 0 Å². The van der Waals surface area contributed by atoms with E-state index in [2.05, 4.69) is 0 Å². The van der Waals surface area contributed by atoms with Crippen LogP contribution in [0.15, 0.2) is 24.3 Å². The van der Waals surface area contributed by atoms with E-state index in [-0.39, 0.29) is 12.1 Å². The highest BCUT2D eigenvalue weighted by Crippen LogP contribution is 2.14. The molecule has 0 N–H and O–H groups in total. The molecule has 0 aliphatic rings. The first-order chi connectivity index (χ1) is 11.4. The summed E-state index contributed by atoms with van der Waals surface area (Å²) < 4.78 is 10.6. The van der Waals surface area contributed by atoms with Gasteiger partial charge in [-0.1, -0.05) is 24.3 Å². The number of aryl methyl sites for hydroxylation is 1. The number of hydrogen-bond acceptors (Lipinski definition) is 4. The van der Waals surface area contributed by atoms with Crippen molar-refractivity contribution >= 4 is 12.1 Å². The normalized spacial score (nSPS) is 11.8. The van der Waals surface area contributed by atoms with Gasteiger partial charge in [-0.25, -0.2) is 4.79 Å². The van der Waals surface area contributed by atoms with Crippen LogP contribution in [0.5, 0.6) is 0 Å². The summed E-state index contributed by atoms with van der Waals surface area (Å²) in [5, 5.41) is 0. The van der Waals surface area contributed by atoms with Gasteiger partial charge in [0.2, 0.25) is 0 Å². The lowest BCUT2D eigenvalue weighted by Crippen LogP contribution is -2.33. The molecule has 0 fully saturated rings. The summed E-state index contributed by atoms with van der Waals surface area (Å²) in [6, 6.07) is 7.88. The maximum absolute atomic E-state index is 12.0. The summed E-state index contributed by atoms with van der Waals surface area (Å²) in [6.45, 7) is 11.6. The highest BCUT2D eigenvalue weighted by atomic mass is 16.6. The molecule has 5 nitrogen and oxygen atoms in total. The molecule has 1 rings (SSSR count). The molecule has 140 valence electrons. The third kappa shape index (κ3) is 9.13. The van der Waals surface area contributed by atoms with Crippen LogP contribution in [0, 0.1) is 0 Å². The van der Waals surface area contributed by atoms with E-state index in [0.717, 1.165) is 11.1 Å². The van der Waals surface area contributed by atoms with Gasteiger partial charge in [0.1, 0.15) is 11.2 Å². The fourth-order valence-corrected chi connectivity index (χ4v) is 2.13. The summed E-state index contributed by atoms with van der Waals surface area (Å²) in [7, 11) is 1.71. The topological polar surface area (TPSA) is 55.8 Å². The third-order valence-corrected chi connectivity index (χ3v) is 3.19. The Morgan fingerprint density at radius 2 is 1.36 bits per heavy atom. The second-order valence-electron chi connectivity index (χ2n) is 8.24. The Labute approximate surface area is 151 Å². The average Bonchev–Trinajstić information content (AvgIpc) is 2.43. The fourth-order valence-electron chi connectivity index (χ4n) is 2.13. The van der Waals surface area contributed by atoms with Crippen molar-refractivity contribution in [1.82, 2.24) is 4.90 Å². The molecule has 0 saturated carbocycles. The number of hydrogen-bond donors (Lipinski definition) is 0. The van der Waals surface area contributed by atoms with E-state index in [1.807, 2.05) is 65.8 Å². The van der Waals surface area contributed by atoms with Gasteiger partial charge in [0.05, 0.1) is 0 Å². The molecular formula is C20H31NO4. The first kappa shape index (κ1) is 21.0. The number of carbonyl (C=O) groups excluding carboxylic acids is 2. The Morgan fingerprint density at radius 1 is 0.880 bits per heavy atom. The molecule has 0 aliphatic carbocycles. The van der Waals surface area contributed by atoms with Gasteiger partial charge in [0.25, 0.3) is 0 Å². The van der Waals surface area contributed by atoms with E-state index < -0.39 is 11.2 Å². The number of amides is 1. The van der Waals surface area contributed by atoms with Gasteiger partial charge in [0, 0.05) is 20.0 Å². The number of nitrogens with zero attached hydrogens (tertiary/aromatic N) is 1. The molecule has 25 heavy (non-hydrogen) atoms. The molecule has 0 spiro atoms. The number of benzene rings is 1. The Balaban J connectivity index is 2.51. The fraction of sp³-hybridized carbons (Fsp3) is 0.600. The van der Waals surface area contributed by atoms with Crippen LogP contribution in [0.4, 0.5) is 4.79 Å². The van der Waals surface area contributed by atoms with Gasteiger partial charge in [-0.2, -0.15) is 0 Å². The summed E-state index contributed by atoms with van der Waals surface area (Å²) in [5.74, 6) is -0.193. The minimum atomic E-state index is -0.503. The van der Waals surface area contributed by atoms with Crippen molar-refractivity contribution in [3.8, 4) is 0 Å². The standard InChI is InChI=1S/C20H31NO4/c1-19(2,3)24-17(22)13-12-15-8-10-16(11-9-15)14-21(7)18(23)25-20(4,5)6/h8-11H,12-14H2,1-7H3. The van der Waals surface area contributed by atoms with Crippen molar-refractivity contribution in [2.24, 2.45) is 0 Å². The number of esters is 1. The number of rotatable bonds is 5. The molecule has 0 bridgehead atoms. The summed E-state index contributed by atoms with van der Waals surface area (Å²) in [6.07, 6.45) is 0.646. The predicted molar refractivity (Wildman–Crippen MR) is 98.3 cm³/mol. The molecule has 1 aromatic carbocycles. The van der Waals surface area contributed by atoms with Crippen LogP contribution in [0.1, 0.15) is 59.1 Å². The monoisotopic (exact) mass is 349 g/mol. The molecule has 0 radical (unpaired) electrons. The van der Waals surface area contributed by atoms with Crippen molar-refractivity contribution in [3.05, 3.63) is 35.4 Å². The molecule has 0 saturated heterocycles. The van der Waals surface area contributed by atoms with Crippen molar-refractivity contribution in [3.63, 3.8) is 0 Å². The van der Waals surface area contributed by atoms with Gasteiger partial charge in [-0.3, -0.25) is 4.79 Å². The van der Waals surface area contributed by atoms with Crippen LogP contribution in [-0.2, 0) is 27.2 Å². The molecule has 0 aromatic heterocycles. The van der Waals surface area contributed by atoms with Crippen molar-refractivity contribution in [2.45, 2.75) is 72.1 Å². The minimum Gasteiger partial charge on any atom is -0.460 e. The van der Waals surface area contributed by atoms with E-state index >= 15 is 0 Å². The smallest absolute Gasteiger partial charge is 0.410 e. The largest absolute Gasteiger partial charge is 0.460 e. The molecule has 0 heterocycles. The first-order valence-corrected chi connectivity index (χ1v) is 8.59. The molecule has 0 aliphatic heterocycles. The van der Waals surface area contributed by atoms with E-state index in [4.69, 9.17) is 9.47 Å². The van der Waals surface area contributed by atoms with Crippen LogP contribution in [0.3, 0.4) is 0 Å². The lowest BCUT2D eigenvalue weighted by Gasteiger charge is -2.24. The maximum atomic E-state index is 12.0. The van der Waals surface area contributed by atoms with E-state index in [1.54, 1.807) is 11.9 Å². The maximum Gasteiger partial charge on any atom is 0.410 e. The van der Waals surface area contributed by atoms with Gasteiger partial charge in [-0.15, -0.1) is 0 Å². The number of carbonyl (C=O) groups is 2.